The van der Waals surface area contributed by atoms with Gasteiger partial charge in [-0.15, -0.1) is 0 Å². The molecule has 2 N–H and O–H groups in total. The van der Waals surface area contributed by atoms with Crippen LogP contribution >= 0.6 is 0 Å². The van der Waals surface area contributed by atoms with Gasteiger partial charge in [-0.2, -0.15) is 0 Å². The molecule has 0 aliphatic heterocycles. The number of rotatable bonds is 15. The Hall–Kier alpha value is -7.03. The highest BCUT2D eigenvalue weighted by Gasteiger charge is 2.35. The Kier molecular flexibility index (Phi) is 17.8. The second-order valence-electron chi connectivity index (χ2n) is 34.8. The zero-order valence-electron chi connectivity index (χ0n) is 60.1. The lowest BCUT2D eigenvalue weighted by Gasteiger charge is -2.34. The van der Waals surface area contributed by atoms with E-state index < -0.39 is 5.82 Å². The van der Waals surface area contributed by atoms with Gasteiger partial charge in [-0.3, -0.25) is 0 Å². The number of phenols is 2. The number of phenolic OH excluding ortho intramolecular Hbond substituents is 2. The first-order chi connectivity index (χ1) is 42.6. The van der Waals surface area contributed by atoms with Crippen molar-refractivity contribution in [2.45, 2.75) is 229 Å². The Morgan fingerprint density at radius 1 is 0.457 bits per heavy atom. The third-order valence-electron chi connectivity index (χ3n) is 19.2. The molecule has 0 saturated heterocycles. The van der Waals surface area contributed by atoms with E-state index in [1.165, 1.54) is 41.5 Å². The largest absolute Gasteiger partial charge is 0.505 e. The van der Waals surface area contributed by atoms with Gasteiger partial charge in [0.2, 0.25) is 0 Å². The lowest BCUT2D eigenvalue weighted by atomic mass is 9.71. The third-order valence-corrected chi connectivity index (χ3v) is 19.2. The van der Waals surface area contributed by atoms with E-state index in [-0.39, 0.29) is 73.3 Å². The van der Waals surface area contributed by atoms with Crippen LogP contribution in [0.5, 0.6) is 23.0 Å². The molecule has 7 aromatic carbocycles. The average molecular weight is 1240 g/mol. The third kappa shape index (κ3) is 13.7. The van der Waals surface area contributed by atoms with Gasteiger partial charge in [0.15, 0.2) is 11.5 Å². The van der Waals surface area contributed by atoms with Gasteiger partial charge in [-0.1, -0.05) is 207 Å². The van der Waals surface area contributed by atoms with Gasteiger partial charge in [0, 0.05) is 50.7 Å². The molecule has 2 aromatic heterocycles. The van der Waals surface area contributed by atoms with E-state index in [2.05, 4.69) is 259 Å². The van der Waals surface area contributed by atoms with Crippen LogP contribution in [0.25, 0.3) is 71.7 Å². The van der Waals surface area contributed by atoms with Crippen molar-refractivity contribution in [1.82, 2.24) is 9.13 Å². The lowest BCUT2D eigenvalue weighted by molar-refractivity contribution is 0.0723. The van der Waals surface area contributed by atoms with Crippen molar-refractivity contribution in [3.8, 4) is 45.5 Å². The first kappa shape index (κ1) is 67.8. The number of nitrogens with zero attached hydrogens (tertiary/aromatic N) is 2. The standard InChI is InChI=1S/C84H107FN2O5/c1-77(2,3)49-83(19,20)55-39-63(74(88)70(45-55)86-66-41-51(79(7,8)9)29-33-58(66)59-34-30-52(42-67(59)86)80(10,11)12)62-27-24-25-28-72(62)91-37-26-38-92-76-65(47-57(85)48-73(76)90-23)64-40-56(84(21,22)50-78(4,5)6)46-71(75(64)89)87-68-43-53(81(13,14)15)31-35-60(68)61-36-32-54(44-69(61)87)82(16,17)18/h27,29-36,39-48,72,88-89H,24-26,28,37-38,49-50H2,1-23H3. The van der Waals surface area contributed by atoms with Crippen molar-refractivity contribution in [2.24, 2.45) is 10.8 Å². The smallest absolute Gasteiger partial charge is 0.169 e. The highest BCUT2D eigenvalue weighted by Crippen LogP contribution is 2.51. The summed E-state index contributed by atoms with van der Waals surface area (Å²) in [5, 5.41) is 31.0. The molecule has 10 rings (SSSR count). The molecule has 0 amide bonds. The van der Waals surface area contributed by atoms with Crippen LogP contribution in [0.1, 0.15) is 230 Å². The summed E-state index contributed by atoms with van der Waals surface area (Å²) in [4.78, 5) is 0. The van der Waals surface area contributed by atoms with Gasteiger partial charge >= 0.3 is 0 Å². The van der Waals surface area contributed by atoms with Gasteiger partial charge in [-0.05, 0) is 169 Å². The maximum atomic E-state index is 16.4. The summed E-state index contributed by atoms with van der Waals surface area (Å²) in [6, 6.07) is 38.7. The van der Waals surface area contributed by atoms with Gasteiger partial charge in [-0.25, -0.2) is 4.39 Å². The molecule has 0 saturated carbocycles. The zero-order valence-corrected chi connectivity index (χ0v) is 60.1. The molecule has 0 fully saturated rings. The summed E-state index contributed by atoms with van der Waals surface area (Å²) in [6.45, 7) is 50.4. The van der Waals surface area contributed by atoms with E-state index in [9.17, 15) is 10.2 Å². The molecule has 1 unspecified atom stereocenters. The van der Waals surface area contributed by atoms with Crippen LogP contribution < -0.4 is 9.47 Å². The van der Waals surface area contributed by atoms with Crippen molar-refractivity contribution >= 4 is 49.2 Å². The van der Waals surface area contributed by atoms with Crippen LogP contribution in [0.2, 0.25) is 0 Å². The first-order valence-corrected chi connectivity index (χ1v) is 33.8. The van der Waals surface area contributed by atoms with E-state index >= 15 is 4.39 Å². The maximum Gasteiger partial charge on any atom is 0.169 e. The minimum absolute atomic E-state index is 0.0126. The maximum absolute atomic E-state index is 16.4. The summed E-state index contributed by atoms with van der Waals surface area (Å²) >= 11 is 0. The molecular weight excluding hydrogens is 1140 g/mol. The SMILES string of the molecule is COc1cc(F)cc(-c2cc(C(C)(C)CC(C)(C)C)cc(-n3c4cc(C(C)(C)C)ccc4c4ccc(C(C)(C)C)cc43)c2O)c1OCCCOC1CCCC=C1c1cc(C(C)(C)CC(C)(C)C)cc(-n2c3cc(C(C)(C)C)ccc3c3ccc(C(C)(C)C)cc32)c1O. The molecule has 7 nitrogen and oxygen atoms in total. The van der Waals surface area contributed by atoms with Crippen molar-refractivity contribution in [2.75, 3.05) is 20.3 Å². The number of hydrogen-bond acceptors (Lipinski definition) is 5. The number of benzene rings is 7. The predicted octanol–water partition coefficient (Wildman–Crippen LogP) is 23.1. The fourth-order valence-corrected chi connectivity index (χ4v) is 14.9. The molecule has 9 aromatic rings. The Morgan fingerprint density at radius 2 is 0.848 bits per heavy atom. The number of ether oxygens (including phenoxy) is 3. The van der Waals surface area contributed by atoms with E-state index in [0.717, 1.165) is 104 Å². The van der Waals surface area contributed by atoms with Crippen LogP contribution in [0.15, 0.2) is 115 Å². The molecule has 0 bridgehead atoms. The van der Waals surface area contributed by atoms with Gasteiger partial charge < -0.3 is 33.6 Å². The number of hydrogen-bond donors (Lipinski definition) is 2. The molecule has 1 aliphatic carbocycles. The number of aromatic nitrogens is 2. The van der Waals surface area contributed by atoms with Gasteiger partial charge in [0.1, 0.15) is 17.3 Å². The number of methoxy groups -OCH3 is 1. The molecule has 1 atom stereocenters. The summed E-state index contributed by atoms with van der Waals surface area (Å²) in [5.74, 6) is 0.313. The van der Waals surface area contributed by atoms with E-state index in [4.69, 9.17) is 14.2 Å². The Balaban J connectivity index is 1.04. The Morgan fingerprint density at radius 3 is 1.23 bits per heavy atom. The van der Waals surface area contributed by atoms with Crippen LogP contribution in [-0.4, -0.2) is 45.8 Å². The molecule has 8 heteroatoms. The monoisotopic (exact) mass is 1240 g/mol. The number of allylic oxidation sites excluding steroid dienone is 1. The fourth-order valence-electron chi connectivity index (χ4n) is 14.9. The summed E-state index contributed by atoms with van der Waals surface area (Å²) in [6.07, 6.45) is 6.85. The van der Waals surface area contributed by atoms with E-state index in [1.807, 2.05) is 6.07 Å². The van der Waals surface area contributed by atoms with E-state index in [1.54, 1.807) is 0 Å². The number of aromatic hydroxyl groups is 2. The molecule has 0 spiro atoms. The summed E-state index contributed by atoms with van der Waals surface area (Å²) in [5.41, 5.74) is 13.9. The van der Waals surface area contributed by atoms with Crippen molar-refractivity contribution in [1.29, 1.82) is 0 Å². The highest BCUT2D eigenvalue weighted by molar-refractivity contribution is 6.11. The topological polar surface area (TPSA) is 78.0 Å². The molecule has 2 heterocycles. The van der Waals surface area contributed by atoms with Crippen molar-refractivity contribution in [3.05, 3.63) is 160 Å². The molecule has 1 aliphatic rings. The molecule has 490 valence electrons. The number of fused-ring (bicyclic) bond motifs is 6. The lowest BCUT2D eigenvalue weighted by Crippen LogP contribution is -2.26. The second kappa shape index (κ2) is 24.1. The normalized spacial score (nSPS) is 15.1. The zero-order chi connectivity index (χ0) is 67.4. The van der Waals surface area contributed by atoms with Crippen LogP contribution in [-0.2, 0) is 37.2 Å². The van der Waals surface area contributed by atoms with Crippen LogP contribution in [0.4, 0.5) is 4.39 Å². The fraction of sp³-hybridized carbons (Fsp3) is 0.476. The van der Waals surface area contributed by atoms with E-state index in [0.29, 0.717) is 35.6 Å². The Bertz CT molecular complexity index is 4170. The van der Waals surface area contributed by atoms with Gasteiger partial charge in [0.25, 0.3) is 0 Å². The van der Waals surface area contributed by atoms with Crippen LogP contribution in [0.3, 0.4) is 0 Å². The van der Waals surface area contributed by atoms with Crippen molar-refractivity contribution < 1.29 is 28.8 Å². The summed E-state index contributed by atoms with van der Waals surface area (Å²) in [7, 11) is 1.53. The quantitative estimate of drug-likeness (QED) is 0.100. The minimum Gasteiger partial charge on any atom is -0.505 e. The Labute approximate surface area is 550 Å². The predicted molar refractivity (Wildman–Crippen MR) is 388 cm³/mol. The molecule has 0 radical (unpaired) electrons. The minimum atomic E-state index is -0.509. The molecular formula is C84H107FN2O5. The second-order valence-corrected chi connectivity index (χ2v) is 34.8. The summed E-state index contributed by atoms with van der Waals surface area (Å²) < 4.78 is 40.8. The van der Waals surface area contributed by atoms with Crippen molar-refractivity contribution in [3.63, 3.8) is 0 Å². The average Bonchev–Trinajstić information content (AvgIpc) is 1.53. The highest BCUT2D eigenvalue weighted by atomic mass is 19.1. The number of halogens is 1. The molecule has 92 heavy (non-hydrogen) atoms. The van der Waals surface area contributed by atoms with Gasteiger partial charge in [0.05, 0.1) is 59.9 Å². The van der Waals surface area contributed by atoms with Crippen LogP contribution in [0, 0.1) is 16.6 Å². The first-order valence-electron chi connectivity index (χ1n) is 33.8.